The van der Waals surface area contributed by atoms with Crippen molar-refractivity contribution < 1.29 is 33.2 Å². The van der Waals surface area contributed by atoms with Crippen LogP contribution < -0.4 is 23.7 Å². The lowest BCUT2D eigenvalue weighted by Crippen LogP contribution is -2.58. The quantitative estimate of drug-likeness (QED) is 0.696. The van der Waals surface area contributed by atoms with Crippen LogP contribution in [0.4, 0.5) is 0 Å². The number of methoxy groups -OCH3 is 3. The number of ether oxygens (including phenoxy) is 6. The van der Waals surface area contributed by atoms with Crippen LogP contribution in [0.3, 0.4) is 0 Å². The fraction of sp³-hybridized carbons (Fsp3) is 0.375. The highest BCUT2D eigenvalue weighted by Gasteiger charge is 2.58. The van der Waals surface area contributed by atoms with Crippen molar-refractivity contribution in [1.29, 1.82) is 0 Å². The number of fused-ring (bicyclic) bond motifs is 6. The van der Waals surface area contributed by atoms with Gasteiger partial charge in [0.2, 0.25) is 5.78 Å². The van der Waals surface area contributed by atoms with Crippen LogP contribution in [0.25, 0.3) is 0 Å². The van der Waals surface area contributed by atoms with Crippen LogP contribution in [0.2, 0.25) is 0 Å². The Balaban J connectivity index is 1.66. The Kier molecular flexibility index (Phi) is 4.41. The molecule has 3 aliphatic rings. The van der Waals surface area contributed by atoms with E-state index >= 15 is 0 Å². The van der Waals surface area contributed by atoms with E-state index in [0.717, 1.165) is 11.1 Å². The van der Waals surface area contributed by atoms with E-state index in [0.29, 0.717) is 46.3 Å². The third-order valence-corrected chi connectivity index (χ3v) is 6.32. The summed E-state index contributed by atoms with van der Waals surface area (Å²) in [6.45, 7) is 6.08. The van der Waals surface area contributed by atoms with E-state index < -0.39 is 11.7 Å². The highest BCUT2D eigenvalue weighted by atomic mass is 16.6. The minimum absolute atomic E-state index is 0.130. The first-order chi connectivity index (χ1) is 14.9. The number of ketones is 1. The molecule has 31 heavy (non-hydrogen) atoms. The van der Waals surface area contributed by atoms with Gasteiger partial charge in [-0.05, 0) is 30.7 Å². The third kappa shape index (κ3) is 2.59. The normalized spacial score (nSPS) is 25.1. The van der Waals surface area contributed by atoms with Crippen LogP contribution in [0, 0.1) is 0 Å². The van der Waals surface area contributed by atoms with E-state index in [1.165, 1.54) is 7.11 Å². The number of rotatable bonds is 4. The smallest absolute Gasteiger partial charge is 0.207 e. The molecule has 0 aliphatic carbocycles. The van der Waals surface area contributed by atoms with Crippen LogP contribution >= 0.6 is 0 Å². The largest absolute Gasteiger partial charge is 0.493 e. The molecule has 7 heteroatoms. The third-order valence-electron chi connectivity index (χ3n) is 6.32. The molecule has 0 radical (unpaired) electrons. The van der Waals surface area contributed by atoms with E-state index in [1.54, 1.807) is 32.4 Å². The molecular weight excluding hydrogens is 400 g/mol. The van der Waals surface area contributed by atoms with E-state index in [1.807, 2.05) is 13.0 Å². The summed E-state index contributed by atoms with van der Waals surface area (Å²) in [7, 11) is 4.60. The summed E-state index contributed by atoms with van der Waals surface area (Å²) in [5, 5.41) is 0. The molecule has 3 aliphatic heterocycles. The molecule has 7 nitrogen and oxygen atoms in total. The number of hydrogen-bond acceptors (Lipinski definition) is 7. The fourth-order valence-corrected chi connectivity index (χ4v) is 4.67. The lowest BCUT2D eigenvalue weighted by molar-refractivity contribution is -0.102. The van der Waals surface area contributed by atoms with Gasteiger partial charge in [0.15, 0.2) is 23.2 Å². The van der Waals surface area contributed by atoms with Gasteiger partial charge in [0.1, 0.15) is 30.0 Å². The van der Waals surface area contributed by atoms with Crippen molar-refractivity contribution in [2.24, 2.45) is 0 Å². The number of hydrogen-bond donors (Lipinski definition) is 0. The van der Waals surface area contributed by atoms with Gasteiger partial charge in [-0.15, -0.1) is 0 Å². The van der Waals surface area contributed by atoms with Gasteiger partial charge in [-0.25, -0.2) is 0 Å². The fourth-order valence-electron chi connectivity index (χ4n) is 4.67. The summed E-state index contributed by atoms with van der Waals surface area (Å²) in [6, 6.07) is 6.99. The maximum Gasteiger partial charge on any atom is 0.207 e. The number of benzene rings is 2. The van der Waals surface area contributed by atoms with Gasteiger partial charge in [0, 0.05) is 30.7 Å². The van der Waals surface area contributed by atoms with Gasteiger partial charge in [0.05, 0.1) is 19.8 Å². The summed E-state index contributed by atoms with van der Waals surface area (Å²) in [4.78, 5) is 13.9. The summed E-state index contributed by atoms with van der Waals surface area (Å²) < 4.78 is 35.1. The van der Waals surface area contributed by atoms with Gasteiger partial charge >= 0.3 is 0 Å². The lowest BCUT2D eigenvalue weighted by atomic mass is 9.76. The topological polar surface area (TPSA) is 72.5 Å². The minimum atomic E-state index is -1.36. The maximum atomic E-state index is 13.9. The van der Waals surface area contributed by atoms with Crippen molar-refractivity contribution in [3.63, 3.8) is 0 Å². The van der Waals surface area contributed by atoms with Crippen molar-refractivity contribution in [1.82, 2.24) is 0 Å². The maximum absolute atomic E-state index is 13.9. The Morgan fingerprint density at radius 2 is 1.84 bits per heavy atom. The SMILES string of the molecule is C=C(C)[C@@H]1Cc2c(ccc3c2O[C@@H]2COc4cc(OC)c(OC)cc4[C@@]2(OC)C3=O)O1. The molecule has 0 fully saturated rings. The van der Waals surface area contributed by atoms with Crippen LogP contribution in [-0.4, -0.2) is 45.9 Å². The predicted molar refractivity (Wildman–Crippen MR) is 112 cm³/mol. The van der Waals surface area contributed by atoms with Gasteiger partial charge in [-0.3, -0.25) is 4.79 Å². The van der Waals surface area contributed by atoms with Crippen LogP contribution in [0.15, 0.2) is 36.4 Å². The van der Waals surface area contributed by atoms with Crippen LogP contribution in [0.5, 0.6) is 28.7 Å². The van der Waals surface area contributed by atoms with Crippen molar-refractivity contribution >= 4 is 5.78 Å². The standard InChI is InChI=1S/C24H24O7/c1-12(2)17-8-14-16(30-17)7-6-13-22(14)31-21-11-29-18-10-20(27-4)19(26-3)9-15(18)24(21,28-5)23(13)25/h6-7,9-10,17,21H,1,8,11H2,2-5H3/t17-,21+,24-/m0/s1. The Morgan fingerprint density at radius 3 is 2.52 bits per heavy atom. The highest BCUT2D eigenvalue weighted by molar-refractivity contribution is 6.08. The van der Waals surface area contributed by atoms with Crippen LogP contribution in [0.1, 0.15) is 28.4 Å². The summed E-state index contributed by atoms with van der Waals surface area (Å²) in [5.41, 5.74) is 1.46. The molecule has 5 rings (SSSR count). The molecule has 2 aromatic carbocycles. The van der Waals surface area contributed by atoms with E-state index in [9.17, 15) is 4.79 Å². The van der Waals surface area contributed by atoms with Crippen molar-refractivity contribution in [2.45, 2.75) is 31.2 Å². The Bertz CT molecular complexity index is 1110. The monoisotopic (exact) mass is 424 g/mol. The summed E-state index contributed by atoms with van der Waals surface area (Å²) in [5.74, 6) is 2.57. The van der Waals surface area contributed by atoms with Gasteiger partial charge < -0.3 is 28.4 Å². The molecule has 0 bridgehead atoms. The second-order valence-electron chi connectivity index (χ2n) is 7.97. The van der Waals surface area contributed by atoms with E-state index in [-0.39, 0.29) is 18.5 Å². The summed E-state index contributed by atoms with van der Waals surface area (Å²) in [6.07, 6.45) is -0.191. The highest BCUT2D eigenvalue weighted by Crippen LogP contribution is 2.52. The first-order valence-corrected chi connectivity index (χ1v) is 10.1. The Hall–Kier alpha value is -3.19. The summed E-state index contributed by atoms with van der Waals surface area (Å²) >= 11 is 0. The lowest BCUT2D eigenvalue weighted by Gasteiger charge is -2.45. The molecule has 3 atom stereocenters. The van der Waals surface area contributed by atoms with Gasteiger partial charge in [-0.2, -0.15) is 0 Å². The van der Waals surface area contributed by atoms with Crippen molar-refractivity contribution in [2.75, 3.05) is 27.9 Å². The molecule has 0 N–H and O–H groups in total. The predicted octanol–water partition coefficient (Wildman–Crippen LogP) is 3.46. The van der Waals surface area contributed by atoms with Gasteiger partial charge in [0.25, 0.3) is 0 Å². The molecule has 0 aromatic heterocycles. The second kappa shape index (κ2) is 6.92. The minimum Gasteiger partial charge on any atom is -0.493 e. The second-order valence-corrected chi connectivity index (χ2v) is 7.97. The molecule has 2 aromatic rings. The van der Waals surface area contributed by atoms with E-state index in [2.05, 4.69) is 6.58 Å². The number of carbonyl (C=O) groups is 1. The Morgan fingerprint density at radius 1 is 1.10 bits per heavy atom. The molecule has 0 amide bonds. The molecular formula is C24H24O7. The molecule has 3 heterocycles. The zero-order chi connectivity index (χ0) is 21.9. The first kappa shape index (κ1) is 19.8. The van der Waals surface area contributed by atoms with Gasteiger partial charge in [-0.1, -0.05) is 6.58 Å². The average Bonchev–Trinajstić information content (AvgIpc) is 3.23. The molecule has 0 saturated heterocycles. The zero-order valence-corrected chi connectivity index (χ0v) is 17.9. The molecule has 0 spiro atoms. The number of carbonyl (C=O) groups excluding carboxylic acids is 1. The molecule has 162 valence electrons. The first-order valence-electron chi connectivity index (χ1n) is 10.1. The Labute approximate surface area is 180 Å². The van der Waals surface area contributed by atoms with Crippen LogP contribution in [-0.2, 0) is 16.8 Å². The number of Topliss-reactive ketones (excluding diaryl/α,β-unsaturated/α-hetero) is 1. The average molecular weight is 424 g/mol. The zero-order valence-electron chi connectivity index (χ0n) is 17.9. The molecule has 0 unspecified atom stereocenters. The van der Waals surface area contributed by atoms with Crippen molar-refractivity contribution in [3.8, 4) is 28.7 Å². The van der Waals surface area contributed by atoms with E-state index in [4.69, 9.17) is 28.4 Å². The van der Waals surface area contributed by atoms with Crippen molar-refractivity contribution in [3.05, 3.63) is 53.1 Å². The molecule has 0 saturated carbocycles.